The predicted molar refractivity (Wildman–Crippen MR) is 113 cm³/mol. The predicted octanol–water partition coefficient (Wildman–Crippen LogP) is -1.41. The van der Waals surface area contributed by atoms with Crippen LogP contribution >= 0.6 is 0 Å². The summed E-state index contributed by atoms with van der Waals surface area (Å²) in [7, 11) is 4.86. The second kappa shape index (κ2) is 12.5. The van der Waals surface area contributed by atoms with Gasteiger partial charge in [-0.15, -0.1) is 0 Å². The van der Waals surface area contributed by atoms with Crippen LogP contribution in [0.5, 0.6) is 0 Å². The van der Waals surface area contributed by atoms with Crippen LogP contribution in [0.1, 0.15) is 35.7 Å². The molecule has 11 nitrogen and oxygen atoms in total. The standard InChI is InChI=1S/C15H21N3O.C6H8O7/c1-17(2)11-12-19-15(13-7-5-4-6-8-13)14-9-10-16-18(14)3;7-3(8)1-6(13,5(11)12)2-4(9)10/h4-10,15H,11-12H2,1-3H3;13H,1-2H2,(H,7,8)(H,9,10)(H,11,12)/p+2/i11D2,12D2;. The van der Waals surface area contributed by atoms with Crippen LogP contribution < -0.4 is 4.90 Å². The Labute approximate surface area is 191 Å². The van der Waals surface area contributed by atoms with Crippen molar-refractivity contribution in [2.75, 3.05) is 27.2 Å². The normalized spacial score (nSPS) is 16.3. The number of nitrogens with zero attached hydrogens (tertiary/aromatic N) is 2. The SMILES string of the molecule is O=C(O)CC(O)(CC(=O)[OH2+])C(=O)O.[2H]C([2H])(OC(c1ccccc1)c1ccnn1C)C([2H])([2H])[NH+](C)C. The molecule has 1 aromatic heterocycles. The maximum Gasteiger partial charge on any atom is 0.519 e. The zero-order valence-electron chi connectivity index (χ0n) is 21.9. The quantitative estimate of drug-likeness (QED) is 0.299. The number of aliphatic hydroxyl groups is 1. The van der Waals surface area contributed by atoms with E-state index in [1.54, 1.807) is 38.1 Å². The molecule has 32 heavy (non-hydrogen) atoms. The average Bonchev–Trinajstić information content (AvgIpc) is 3.17. The highest BCUT2D eigenvalue weighted by Crippen LogP contribution is 2.24. The van der Waals surface area contributed by atoms with Crippen molar-refractivity contribution in [1.82, 2.24) is 9.78 Å². The second-order valence-electron chi connectivity index (χ2n) is 7.02. The Kier molecular flexibility index (Phi) is 8.08. The molecule has 176 valence electrons. The molecule has 0 aliphatic rings. The lowest BCUT2D eigenvalue weighted by molar-refractivity contribution is -0.858. The fourth-order valence-electron chi connectivity index (χ4n) is 2.49. The first-order valence-electron chi connectivity index (χ1n) is 11.4. The highest BCUT2D eigenvalue weighted by atomic mass is 16.5. The Balaban J connectivity index is 0.000000426. The lowest BCUT2D eigenvalue weighted by Crippen LogP contribution is -3.06. The third-order valence-corrected chi connectivity index (χ3v) is 4.00. The molecule has 0 aliphatic carbocycles. The second-order valence-corrected chi connectivity index (χ2v) is 7.02. The Morgan fingerprint density at radius 3 is 2.28 bits per heavy atom. The lowest BCUT2D eigenvalue weighted by atomic mass is 9.96. The molecule has 0 saturated carbocycles. The van der Waals surface area contributed by atoms with E-state index >= 15 is 0 Å². The molecule has 11 heteroatoms. The lowest BCUT2D eigenvalue weighted by Gasteiger charge is -2.19. The molecular formula is C21H31N3O8+2. The number of aliphatic carboxylic acids is 2. The molecule has 1 aromatic carbocycles. The molecule has 6 N–H and O–H groups in total. The fraction of sp³-hybridized carbons (Fsp3) is 0.429. The van der Waals surface area contributed by atoms with E-state index in [2.05, 4.69) is 5.10 Å². The van der Waals surface area contributed by atoms with Crippen molar-refractivity contribution >= 4 is 17.9 Å². The van der Waals surface area contributed by atoms with Crippen molar-refractivity contribution < 1.29 is 49.9 Å². The largest absolute Gasteiger partial charge is 0.565 e. The van der Waals surface area contributed by atoms with Gasteiger partial charge in [-0.1, -0.05) is 30.3 Å². The van der Waals surface area contributed by atoms with E-state index in [0.717, 1.165) is 5.56 Å². The summed E-state index contributed by atoms with van der Waals surface area (Å²) in [6, 6.07) is 10.9. The minimum atomic E-state index is -2.68. The minimum Gasteiger partial charge on any atom is -0.565 e. The van der Waals surface area contributed by atoms with Gasteiger partial charge in [0, 0.05) is 18.0 Å². The molecule has 1 heterocycles. The number of aromatic nitrogens is 2. The number of carbonyl (C=O) groups is 3. The van der Waals surface area contributed by atoms with E-state index in [4.69, 9.17) is 30.6 Å². The van der Waals surface area contributed by atoms with Gasteiger partial charge in [-0.05, 0) is 11.6 Å². The van der Waals surface area contributed by atoms with Crippen molar-refractivity contribution in [3.8, 4) is 0 Å². The summed E-state index contributed by atoms with van der Waals surface area (Å²) in [5.74, 6) is -4.70. The van der Waals surface area contributed by atoms with Gasteiger partial charge in [-0.3, -0.25) is 9.48 Å². The molecule has 0 amide bonds. The topological polar surface area (TPSA) is 166 Å². The summed E-state index contributed by atoms with van der Waals surface area (Å²) in [5, 5.41) is 36.2. The van der Waals surface area contributed by atoms with Gasteiger partial charge in [0.15, 0.2) is 5.60 Å². The molecule has 0 spiro atoms. The number of aryl methyl sites for hydroxylation is 1. The molecule has 0 bridgehead atoms. The van der Waals surface area contributed by atoms with Crippen molar-refractivity contribution in [3.05, 3.63) is 53.9 Å². The Hall–Kier alpha value is -3.28. The number of quaternary nitrogens is 1. The highest BCUT2D eigenvalue weighted by Gasteiger charge is 2.43. The van der Waals surface area contributed by atoms with E-state index < -0.39 is 55.5 Å². The van der Waals surface area contributed by atoms with E-state index in [9.17, 15) is 14.4 Å². The van der Waals surface area contributed by atoms with Crippen molar-refractivity contribution in [1.29, 1.82) is 0 Å². The average molecular weight is 458 g/mol. The number of nitrogens with one attached hydrogen (secondary N) is 1. The van der Waals surface area contributed by atoms with Crippen molar-refractivity contribution in [2.24, 2.45) is 7.05 Å². The van der Waals surface area contributed by atoms with Gasteiger partial charge in [0.2, 0.25) is 0 Å². The third-order valence-electron chi connectivity index (χ3n) is 4.00. The van der Waals surface area contributed by atoms with Gasteiger partial charge >= 0.3 is 17.9 Å². The van der Waals surface area contributed by atoms with Crippen LogP contribution in [0, 0.1) is 0 Å². The number of benzene rings is 1. The van der Waals surface area contributed by atoms with Crippen LogP contribution in [-0.4, -0.2) is 80.9 Å². The van der Waals surface area contributed by atoms with Gasteiger partial charge in [-0.2, -0.15) is 5.10 Å². The summed E-state index contributed by atoms with van der Waals surface area (Å²) >= 11 is 0. The molecule has 0 aliphatic heterocycles. The van der Waals surface area contributed by atoms with Crippen molar-refractivity contribution in [2.45, 2.75) is 24.5 Å². The van der Waals surface area contributed by atoms with Gasteiger partial charge in [0.05, 0.1) is 38.3 Å². The van der Waals surface area contributed by atoms with Gasteiger partial charge in [0.25, 0.3) is 0 Å². The molecular weight excluding hydrogens is 422 g/mol. The Morgan fingerprint density at radius 1 is 1.22 bits per heavy atom. The zero-order chi connectivity index (χ0) is 27.9. The van der Waals surface area contributed by atoms with E-state index in [-0.39, 0.29) is 0 Å². The number of carboxylic acid groups (broad SMARTS) is 2. The summed E-state index contributed by atoms with van der Waals surface area (Å²) in [6.07, 6.45) is -1.29. The van der Waals surface area contributed by atoms with Crippen LogP contribution in [-0.2, 0) is 26.2 Å². The number of ether oxygens (including phenoxy) is 1. The van der Waals surface area contributed by atoms with Gasteiger partial charge in [0.1, 0.15) is 19.0 Å². The van der Waals surface area contributed by atoms with Crippen LogP contribution in [0.4, 0.5) is 0 Å². The van der Waals surface area contributed by atoms with Gasteiger partial charge < -0.3 is 30.1 Å². The zero-order valence-corrected chi connectivity index (χ0v) is 17.9. The number of carboxylic acids is 2. The molecule has 2 atom stereocenters. The maximum atomic E-state index is 10.3. The molecule has 2 unspecified atom stereocenters. The Morgan fingerprint density at radius 2 is 1.84 bits per heavy atom. The molecule has 2 rings (SSSR count). The monoisotopic (exact) mass is 457 g/mol. The van der Waals surface area contributed by atoms with Crippen molar-refractivity contribution in [3.63, 3.8) is 0 Å². The number of hydrogen-bond acceptors (Lipinski definition) is 6. The Bertz CT molecular complexity index is 1030. The van der Waals surface area contributed by atoms with Crippen LogP contribution in [0.3, 0.4) is 0 Å². The molecule has 0 radical (unpaired) electrons. The number of rotatable bonds is 11. The minimum absolute atomic E-state index is 0.319. The molecule has 2 aromatic rings. The van der Waals surface area contributed by atoms with Gasteiger partial charge in [-0.25, -0.2) is 4.79 Å². The third kappa shape index (κ3) is 8.84. The molecule has 0 saturated heterocycles. The smallest absolute Gasteiger partial charge is 0.519 e. The van der Waals surface area contributed by atoms with E-state index in [1.807, 2.05) is 30.3 Å². The fourth-order valence-corrected chi connectivity index (χ4v) is 2.49. The highest BCUT2D eigenvalue weighted by molar-refractivity contribution is 5.88. The van der Waals surface area contributed by atoms with E-state index in [0.29, 0.717) is 10.6 Å². The number of carbonyl (C=O) groups excluding carboxylic acids is 1. The van der Waals surface area contributed by atoms with E-state index in [1.165, 1.54) is 0 Å². The van der Waals surface area contributed by atoms with Crippen LogP contribution in [0.25, 0.3) is 0 Å². The summed E-state index contributed by atoms with van der Waals surface area (Å²) in [6.45, 7) is -4.70. The number of hydrogen-bond donors (Lipinski definition) is 4. The first-order valence-corrected chi connectivity index (χ1v) is 9.38. The summed E-state index contributed by atoms with van der Waals surface area (Å²) in [4.78, 5) is 31.0. The first-order chi connectivity index (χ1) is 16.4. The first kappa shape index (κ1) is 20.6. The maximum absolute atomic E-state index is 10.3. The van der Waals surface area contributed by atoms with Crippen LogP contribution in [0.2, 0.25) is 0 Å². The summed E-state index contributed by atoms with van der Waals surface area (Å²) < 4.78 is 39.6. The molecule has 0 fully saturated rings. The number of likely N-dealkylation sites (N-methyl/N-ethyl adjacent to an activating group) is 1. The van der Waals surface area contributed by atoms with Crippen LogP contribution in [0.15, 0.2) is 42.6 Å². The summed E-state index contributed by atoms with van der Waals surface area (Å²) in [5.41, 5.74) is -1.28.